The minimum atomic E-state index is -0.219. The predicted molar refractivity (Wildman–Crippen MR) is 75.0 cm³/mol. The minimum absolute atomic E-state index is 0.000509. The average molecular weight is 323 g/mol. The van der Waals surface area contributed by atoms with E-state index in [0.29, 0.717) is 21.0 Å². The van der Waals surface area contributed by atoms with Gasteiger partial charge in [0.25, 0.3) is 0 Å². The molecule has 0 aliphatic heterocycles. The van der Waals surface area contributed by atoms with E-state index in [-0.39, 0.29) is 11.9 Å². The van der Waals surface area contributed by atoms with Gasteiger partial charge in [-0.3, -0.25) is 0 Å². The van der Waals surface area contributed by atoms with E-state index >= 15 is 0 Å². The zero-order valence-electron chi connectivity index (χ0n) is 10.4. The number of rotatable bonds is 5. The van der Waals surface area contributed by atoms with Gasteiger partial charge >= 0.3 is 0 Å². The molecule has 0 aliphatic carbocycles. The molecule has 96 valence electrons. The highest BCUT2D eigenvalue weighted by Crippen LogP contribution is 2.31. The Morgan fingerprint density at radius 1 is 1.41 bits per heavy atom. The minimum Gasteiger partial charge on any atom is -0.310 e. The molecule has 1 atom stereocenters. The number of benzene rings is 1. The average Bonchev–Trinajstić information content (AvgIpc) is 2.25. The van der Waals surface area contributed by atoms with Crippen LogP contribution in [0.3, 0.4) is 0 Å². The van der Waals surface area contributed by atoms with E-state index in [2.05, 4.69) is 42.0 Å². The molecule has 0 fully saturated rings. The summed E-state index contributed by atoms with van der Waals surface area (Å²) in [4.78, 5) is 0. The van der Waals surface area contributed by atoms with E-state index < -0.39 is 0 Å². The van der Waals surface area contributed by atoms with Crippen LogP contribution in [0.1, 0.15) is 38.8 Å². The van der Waals surface area contributed by atoms with Crippen molar-refractivity contribution in [1.29, 1.82) is 0 Å². The van der Waals surface area contributed by atoms with Gasteiger partial charge in [0.05, 0.1) is 5.02 Å². The molecule has 0 aliphatic rings. The van der Waals surface area contributed by atoms with Crippen LogP contribution in [0, 0.1) is 11.7 Å². The topological polar surface area (TPSA) is 12.0 Å². The van der Waals surface area contributed by atoms with Crippen molar-refractivity contribution in [2.24, 2.45) is 5.92 Å². The third-order valence-corrected chi connectivity index (χ3v) is 3.85. The Hall–Kier alpha value is -0.120. The monoisotopic (exact) mass is 321 g/mol. The normalized spacial score (nSPS) is 13.1. The standard InChI is InChI=1S/C13H18BrClFN/c1-4-5-17-13(8(2)3)9-6-11(15)10(14)7-12(9)16/h6-8,13,17H,4-5H2,1-3H3. The van der Waals surface area contributed by atoms with Crippen LogP contribution < -0.4 is 5.32 Å². The van der Waals surface area contributed by atoms with Gasteiger partial charge < -0.3 is 5.32 Å². The quantitative estimate of drug-likeness (QED) is 0.757. The summed E-state index contributed by atoms with van der Waals surface area (Å²) in [6.45, 7) is 7.11. The molecule has 0 radical (unpaired) electrons. The summed E-state index contributed by atoms with van der Waals surface area (Å²) in [7, 11) is 0. The van der Waals surface area contributed by atoms with Gasteiger partial charge in [-0.1, -0.05) is 32.4 Å². The molecule has 4 heteroatoms. The van der Waals surface area contributed by atoms with Crippen LogP contribution in [0.15, 0.2) is 16.6 Å². The molecule has 0 heterocycles. The van der Waals surface area contributed by atoms with Crippen molar-refractivity contribution in [2.45, 2.75) is 33.2 Å². The van der Waals surface area contributed by atoms with Gasteiger partial charge in [-0.05, 0) is 46.9 Å². The first-order valence-corrected chi connectivity index (χ1v) is 7.02. The highest BCUT2D eigenvalue weighted by Gasteiger charge is 2.20. The lowest BCUT2D eigenvalue weighted by Crippen LogP contribution is -2.27. The molecule has 0 aromatic heterocycles. The van der Waals surface area contributed by atoms with E-state index in [1.54, 1.807) is 6.07 Å². The van der Waals surface area contributed by atoms with Crippen LogP contribution in [-0.4, -0.2) is 6.54 Å². The lowest BCUT2D eigenvalue weighted by molar-refractivity contribution is 0.398. The maximum Gasteiger partial charge on any atom is 0.129 e. The first-order valence-electron chi connectivity index (χ1n) is 5.85. The molecule has 0 bridgehead atoms. The smallest absolute Gasteiger partial charge is 0.129 e. The van der Waals surface area contributed by atoms with Crippen molar-refractivity contribution < 1.29 is 4.39 Å². The summed E-state index contributed by atoms with van der Waals surface area (Å²) >= 11 is 9.25. The first kappa shape index (κ1) is 14.9. The van der Waals surface area contributed by atoms with Crippen LogP contribution in [0.4, 0.5) is 4.39 Å². The van der Waals surface area contributed by atoms with Gasteiger partial charge in [-0.15, -0.1) is 0 Å². The Kier molecular flexibility index (Phi) is 5.90. The molecule has 0 saturated heterocycles. The van der Waals surface area contributed by atoms with Crippen molar-refractivity contribution in [3.05, 3.63) is 33.0 Å². The number of nitrogens with one attached hydrogen (secondary N) is 1. The summed E-state index contributed by atoms with van der Waals surface area (Å²) < 4.78 is 14.5. The number of halogens is 3. The van der Waals surface area contributed by atoms with Gasteiger partial charge in [0.15, 0.2) is 0 Å². The molecule has 1 N–H and O–H groups in total. The molecule has 17 heavy (non-hydrogen) atoms. The van der Waals surface area contributed by atoms with E-state index in [1.807, 2.05) is 0 Å². The highest BCUT2D eigenvalue weighted by atomic mass is 79.9. The van der Waals surface area contributed by atoms with Crippen molar-refractivity contribution >= 4 is 27.5 Å². The van der Waals surface area contributed by atoms with Gasteiger partial charge in [-0.25, -0.2) is 4.39 Å². The second-order valence-electron chi connectivity index (χ2n) is 4.46. The lowest BCUT2D eigenvalue weighted by Gasteiger charge is -2.23. The number of hydrogen-bond acceptors (Lipinski definition) is 1. The van der Waals surface area contributed by atoms with Crippen molar-refractivity contribution in [3.63, 3.8) is 0 Å². The van der Waals surface area contributed by atoms with Crippen LogP contribution in [0.25, 0.3) is 0 Å². The maximum atomic E-state index is 13.9. The third kappa shape index (κ3) is 3.94. The van der Waals surface area contributed by atoms with Crippen LogP contribution in [0.5, 0.6) is 0 Å². The molecule has 1 aromatic carbocycles. The summed E-state index contributed by atoms with van der Waals surface area (Å²) in [6, 6.07) is 3.13. The summed E-state index contributed by atoms with van der Waals surface area (Å²) in [5.74, 6) is 0.0943. The van der Waals surface area contributed by atoms with Gasteiger partial charge in [0.2, 0.25) is 0 Å². The van der Waals surface area contributed by atoms with E-state index in [0.717, 1.165) is 13.0 Å². The number of hydrogen-bond donors (Lipinski definition) is 1. The van der Waals surface area contributed by atoms with Crippen LogP contribution in [-0.2, 0) is 0 Å². The Labute approximate surface area is 116 Å². The molecule has 1 unspecified atom stereocenters. The Balaban J connectivity index is 3.05. The molecular formula is C13H18BrClFN. The molecule has 1 aromatic rings. The summed E-state index contributed by atoms with van der Waals surface area (Å²) in [5, 5.41) is 3.91. The van der Waals surface area contributed by atoms with Gasteiger partial charge in [-0.2, -0.15) is 0 Å². The SMILES string of the molecule is CCCNC(c1cc(Cl)c(Br)cc1F)C(C)C. The van der Waals surface area contributed by atoms with E-state index in [9.17, 15) is 4.39 Å². The van der Waals surface area contributed by atoms with E-state index in [1.165, 1.54) is 6.07 Å². The van der Waals surface area contributed by atoms with Crippen LogP contribution >= 0.6 is 27.5 Å². The third-order valence-electron chi connectivity index (χ3n) is 2.66. The Morgan fingerprint density at radius 2 is 2.06 bits per heavy atom. The zero-order valence-corrected chi connectivity index (χ0v) is 12.7. The Morgan fingerprint density at radius 3 is 2.59 bits per heavy atom. The molecule has 1 rings (SSSR count). The molecular weight excluding hydrogens is 305 g/mol. The predicted octanol–water partition coefficient (Wildman–Crippen LogP) is 4.94. The fourth-order valence-corrected chi connectivity index (χ4v) is 2.27. The molecule has 1 nitrogen and oxygen atoms in total. The fraction of sp³-hybridized carbons (Fsp3) is 0.538. The summed E-state index contributed by atoms with van der Waals surface area (Å²) in [5.41, 5.74) is 0.640. The van der Waals surface area contributed by atoms with Crippen molar-refractivity contribution in [1.82, 2.24) is 5.32 Å². The van der Waals surface area contributed by atoms with Gasteiger partial charge in [0, 0.05) is 16.1 Å². The molecule has 0 amide bonds. The molecule has 0 saturated carbocycles. The highest BCUT2D eigenvalue weighted by molar-refractivity contribution is 9.10. The second-order valence-corrected chi connectivity index (χ2v) is 5.73. The lowest BCUT2D eigenvalue weighted by atomic mass is 9.95. The van der Waals surface area contributed by atoms with E-state index in [4.69, 9.17) is 11.6 Å². The fourth-order valence-electron chi connectivity index (χ4n) is 1.78. The molecule has 0 spiro atoms. The van der Waals surface area contributed by atoms with Crippen molar-refractivity contribution in [3.8, 4) is 0 Å². The van der Waals surface area contributed by atoms with Crippen molar-refractivity contribution in [2.75, 3.05) is 6.54 Å². The zero-order chi connectivity index (χ0) is 13.0. The Bertz CT molecular complexity index is 382. The first-order chi connectivity index (χ1) is 7.97. The second kappa shape index (κ2) is 6.72. The summed E-state index contributed by atoms with van der Waals surface area (Å²) in [6.07, 6.45) is 1.02. The largest absolute Gasteiger partial charge is 0.310 e. The maximum absolute atomic E-state index is 13.9. The van der Waals surface area contributed by atoms with Gasteiger partial charge in [0.1, 0.15) is 5.82 Å². The van der Waals surface area contributed by atoms with Crippen LogP contribution in [0.2, 0.25) is 5.02 Å².